The minimum Gasteiger partial charge on any atom is -0.465 e. The number of alkyl halides is 1. The van der Waals surface area contributed by atoms with Crippen molar-refractivity contribution in [3.63, 3.8) is 0 Å². The molecule has 1 amide bonds. The third kappa shape index (κ3) is 4.85. The first-order chi connectivity index (χ1) is 19.7. The van der Waals surface area contributed by atoms with Crippen molar-refractivity contribution < 1.29 is 23.8 Å². The predicted octanol–water partition coefficient (Wildman–Crippen LogP) is 5.42. The molecule has 1 N–H and O–H groups in total. The van der Waals surface area contributed by atoms with Gasteiger partial charge in [0.25, 0.3) is 0 Å². The summed E-state index contributed by atoms with van der Waals surface area (Å²) in [6.07, 6.45) is 3.46. The van der Waals surface area contributed by atoms with Gasteiger partial charge in [-0.1, -0.05) is 30.3 Å². The number of aromatic nitrogens is 4. The number of aryl methyl sites for hydroxylation is 2. The minimum atomic E-state index is -0.998. The number of hydrogen-bond acceptors (Lipinski definition) is 5. The van der Waals surface area contributed by atoms with Crippen molar-refractivity contribution in [3.8, 4) is 11.1 Å². The highest BCUT2D eigenvalue weighted by atomic mass is 19.1. The van der Waals surface area contributed by atoms with Crippen LogP contribution in [0.25, 0.3) is 22.0 Å². The highest BCUT2D eigenvalue weighted by molar-refractivity contribution is 5.91. The molecule has 214 valence electrons. The molecule has 0 spiro atoms. The van der Waals surface area contributed by atoms with Crippen molar-refractivity contribution in [2.45, 2.75) is 64.7 Å². The van der Waals surface area contributed by atoms with Gasteiger partial charge in [0.15, 0.2) is 6.04 Å². The van der Waals surface area contributed by atoms with Gasteiger partial charge in [0, 0.05) is 36.8 Å². The van der Waals surface area contributed by atoms with Gasteiger partial charge < -0.3 is 19.3 Å². The monoisotopic (exact) mass is 559 g/mol. The molecule has 6 rings (SSSR count). The molecular formula is C31H34FN5O4. The number of carboxylic acid groups (broad SMARTS) is 1. The van der Waals surface area contributed by atoms with E-state index in [-0.39, 0.29) is 19.6 Å². The molecule has 4 heterocycles. The van der Waals surface area contributed by atoms with Crippen LogP contribution in [-0.4, -0.2) is 67.3 Å². The molecule has 0 bridgehead atoms. The lowest BCUT2D eigenvalue weighted by atomic mass is 9.88. The summed E-state index contributed by atoms with van der Waals surface area (Å²) in [6, 6.07) is 9.76. The van der Waals surface area contributed by atoms with Crippen LogP contribution in [0.4, 0.5) is 9.18 Å². The number of esters is 1. The zero-order valence-electron chi connectivity index (χ0n) is 23.5. The van der Waals surface area contributed by atoms with Gasteiger partial charge in [0.1, 0.15) is 6.17 Å². The van der Waals surface area contributed by atoms with Crippen molar-refractivity contribution in [2.24, 2.45) is 0 Å². The molecule has 2 atom stereocenters. The molecule has 4 aromatic rings. The van der Waals surface area contributed by atoms with E-state index in [1.165, 1.54) is 10.5 Å². The van der Waals surface area contributed by atoms with Gasteiger partial charge in [-0.25, -0.2) is 19.0 Å². The lowest BCUT2D eigenvalue weighted by Gasteiger charge is -2.30. The summed E-state index contributed by atoms with van der Waals surface area (Å²) >= 11 is 0. The predicted molar refractivity (Wildman–Crippen MR) is 152 cm³/mol. The Morgan fingerprint density at radius 2 is 1.90 bits per heavy atom. The number of carbonyl (C=O) groups excluding carboxylic acids is 1. The molecule has 41 heavy (non-hydrogen) atoms. The number of hydrogen-bond donors (Lipinski definition) is 1. The van der Waals surface area contributed by atoms with Gasteiger partial charge in [-0.15, -0.1) is 0 Å². The summed E-state index contributed by atoms with van der Waals surface area (Å²) < 4.78 is 23.0. The Labute approximate surface area is 237 Å². The van der Waals surface area contributed by atoms with Crippen LogP contribution in [0.15, 0.2) is 42.9 Å². The van der Waals surface area contributed by atoms with Crippen LogP contribution in [0.1, 0.15) is 59.8 Å². The number of halogens is 1. The van der Waals surface area contributed by atoms with Crippen molar-refractivity contribution in [3.05, 3.63) is 70.9 Å². The number of piperidine rings is 1. The average molecular weight is 560 g/mol. The molecule has 9 nitrogen and oxygen atoms in total. The zero-order valence-corrected chi connectivity index (χ0v) is 23.5. The summed E-state index contributed by atoms with van der Waals surface area (Å²) in [5.74, 6) is -0.123. The highest BCUT2D eigenvalue weighted by Gasteiger charge is 2.35. The molecular weight excluding hydrogens is 525 g/mol. The molecule has 10 heteroatoms. The quantitative estimate of drug-likeness (QED) is 0.317. The first-order valence-electron chi connectivity index (χ1n) is 14.2. The van der Waals surface area contributed by atoms with Gasteiger partial charge in [0.05, 0.1) is 30.7 Å². The SMILES string of the molecule is CCOC(=O)C(c1ncn2c1C[C@@H](F)C2)n1cc2c(C)cc(-c3ccc(C4CCN(C(=O)O)CC4)cc3)c(C)c2n1. The Balaban J connectivity index is 1.33. The van der Waals surface area contributed by atoms with E-state index in [0.717, 1.165) is 46.0 Å². The van der Waals surface area contributed by atoms with Crippen LogP contribution in [0.3, 0.4) is 0 Å². The lowest BCUT2D eigenvalue weighted by Crippen LogP contribution is -2.36. The first-order valence-corrected chi connectivity index (χ1v) is 14.2. The van der Waals surface area contributed by atoms with E-state index in [4.69, 9.17) is 9.84 Å². The molecule has 2 aromatic carbocycles. The summed E-state index contributed by atoms with van der Waals surface area (Å²) in [7, 11) is 0. The maximum Gasteiger partial charge on any atom is 0.407 e. The largest absolute Gasteiger partial charge is 0.465 e. The molecule has 0 saturated carbocycles. The van der Waals surface area contributed by atoms with Crippen LogP contribution in [-0.2, 0) is 22.5 Å². The number of benzene rings is 2. The summed E-state index contributed by atoms with van der Waals surface area (Å²) in [5.41, 5.74) is 7.35. The van der Waals surface area contributed by atoms with Crippen molar-refractivity contribution in [1.82, 2.24) is 24.2 Å². The van der Waals surface area contributed by atoms with E-state index >= 15 is 0 Å². The molecule has 2 aliphatic heterocycles. The molecule has 1 fully saturated rings. The zero-order chi connectivity index (χ0) is 28.8. The van der Waals surface area contributed by atoms with Crippen LogP contribution in [0, 0.1) is 13.8 Å². The number of ether oxygens (including phenoxy) is 1. The van der Waals surface area contributed by atoms with Gasteiger partial charge in [-0.3, -0.25) is 4.68 Å². The Bertz CT molecular complexity index is 1620. The Kier molecular flexibility index (Phi) is 7.01. The van der Waals surface area contributed by atoms with Gasteiger partial charge in [0.2, 0.25) is 0 Å². The van der Waals surface area contributed by atoms with Crippen molar-refractivity contribution >= 4 is 23.0 Å². The molecule has 1 saturated heterocycles. The van der Waals surface area contributed by atoms with E-state index in [0.29, 0.717) is 30.4 Å². The third-order valence-electron chi connectivity index (χ3n) is 8.56. The van der Waals surface area contributed by atoms with Crippen LogP contribution < -0.4 is 0 Å². The van der Waals surface area contributed by atoms with Gasteiger partial charge >= 0.3 is 12.1 Å². The molecule has 2 aromatic heterocycles. The molecule has 1 unspecified atom stereocenters. The second-order valence-electron chi connectivity index (χ2n) is 11.1. The third-order valence-corrected chi connectivity index (χ3v) is 8.56. The van der Waals surface area contributed by atoms with Crippen LogP contribution >= 0.6 is 0 Å². The van der Waals surface area contributed by atoms with E-state index in [1.807, 2.05) is 20.0 Å². The molecule has 2 aliphatic rings. The standard InChI is InChI=1S/C31H34FN5O4/c1-4-41-30(38)29(28-26-14-23(32)15-36(26)17-33-28)37-16-25-18(2)13-24(19(3)27(25)34-37)22-7-5-20(6-8-22)21-9-11-35(12-10-21)31(39)40/h5-8,13,16-17,21,23,29H,4,9-12,14-15H2,1-3H3,(H,39,40)/t23-,29?/m1/s1. The van der Waals surface area contributed by atoms with E-state index in [1.54, 1.807) is 22.5 Å². The Morgan fingerprint density at radius 1 is 1.17 bits per heavy atom. The highest BCUT2D eigenvalue weighted by Crippen LogP contribution is 2.36. The molecule has 0 aliphatic carbocycles. The average Bonchev–Trinajstić information content (AvgIpc) is 3.67. The second-order valence-corrected chi connectivity index (χ2v) is 11.1. The minimum absolute atomic E-state index is 0.211. The number of nitrogens with zero attached hydrogens (tertiary/aromatic N) is 5. The fraction of sp³-hybridized carbons (Fsp3) is 0.419. The van der Waals surface area contributed by atoms with E-state index in [9.17, 15) is 19.1 Å². The van der Waals surface area contributed by atoms with Crippen molar-refractivity contribution in [2.75, 3.05) is 19.7 Å². The summed E-state index contributed by atoms with van der Waals surface area (Å²) in [5, 5.41) is 15.1. The topological polar surface area (TPSA) is 102 Å². The number of amides is 1. The number of imidazole rings is 1. The number of likely N-dealkylation sites (tertiary alicyclic amines) is 1. The fourth-order valence-corrected chi connectivity index (χ4v) is 6.34. The first kappa shape index (κ1) is 27.0. The van der Waals surface area contributed by atoms with Gasteiger partial charge in [-0.05, 0) is 67.3 Å². The summed E-state index contributed by atoms with van der Waals surface area (Å²) in [6.45, 7) is 7.39. The van der Waals surface area contributed by atoms with Crippen molar-refractivity contribution in [1.29, 1.82) is 0 Å². The Hall–Kier alpha value is -4.21. The lowest BCUT2D eigenvalue weighted by molar-refractivity contribution is -0.146. The number of carbonyl (C=O) groups is 2. The van der Waals surface area contributed by atoms with Crippen LogP contribution in [0.2, 0.25) is 0 Å². The summed E-state index contributed by atoms with van der Waals surface area (Å²) in [4.78, 5) is 30.4. The normalized spacial score (nSPS) is 18.0. The number of rotatable bonds is 6. The van der Waals surface area contributed by atoms with Crippen LogP contribution in [0.5, 0.6) is 0 Å². The maximum atomic E-state index is 14.2. The second kappa shape index (κ2) is 10.6. The molecule has 0 radical (unpaired) electrons. The maximum absolute atomic E-state index is 14.2. The number of fused-ring (bicyclic) bond motifs is 2. The van der Waals surface area contributed by atoms with E-state index < -0.39 is 24.3 Å². The smallest absolute Gasteiger partial charge is 0.407 e. The van der Waals surface area contributed by atoms with E-state index in [2.05, 4.69) is 35.3 Å². The van der Waals surface area contributed by atoms with Gasteiger partial charge in [-0.2, -0.15) is 5.10 Å². The Morgan fingerprint density at radius 3 is 2.59 bits per heavy atom. The fourth-order valence-electron chi connectivity index (χ4n) is 6.34.